The molecule has 0 bridgehead atoms. The molecule has 114 valence electrons. The molecule has 2 rings (SSSR count). The fourth-order valence-electron chi connectivity index (χ4n) is 2.29. The van der Waals surface area contributed by atoms with Gasteiger partial charge in [0.25, 0.3) is 5.91 Å². The summed E-state index contributed by atoms with van der Waals surface area (Å²) in [6.45, 7) is 0. The van der Waals surface area contributed by atoms with Crippen LogP contribution in [-0.2, 0) is 4.79 Å². The van der Waals surface area contributed by atoms with E-state index in [1.54, 1.807) is 12.1 Å². The van der Waals surface area contributed by atoms with Gasteiger partial charge in [-0.1, -0.05) is 18.6 Å². The molecular weight excluding hydrogens is 280 g/mol. The van der Waals surface area contributed by atoms with Crippen molar-refractivity contribution in [1.82, 2.24) is 5.32 Å². The minimum atomic E-state index is -2.78. The molecule has 0 radical (unpaired) electrons. The van der Waals surface area contributed by atoms with E-state index in [0.717, 1.165) is 18.4 Å². The third kappa shape index (κ3) is 4.00. The number of rotatable bonds is 6. The third-order valence-corrected chi connectivity index (χ3v) is 3.77. The number of hydrogen-bond acceptors (Lipinski definition) is 2. The Balaban J connectivity index is 1.99. The minimum Gasteiger partial charge on any atom is -0.480 e. The van der Waals surface area contributed by atoms with E-state index in [1.165, 1.54) is 6.42 Å². The van der Waals surface area contributed by atoms with Crippen molar-refractivity contribution in [2.75, 3.05) is 0 Å². The van der Waals surface area contributed by atoms with Crippen LogP contribution in [0.4, 0.5) is 8.78 Å². The first-order valence-corrected chi connectivity index (χ1v) is 6.89. The first-order chi connectivity index (χ1) is 9.97. The van der Waals surface area contributed by atoms with Crippen LogP contribution in [0.25, 0.3) is 0 Å². The molecule has 1 saturated carbocycles. The molecule has 1 aliphatic rings. The molecular formula is C15H17F2NO3. The molecule has 1 aromatic rings. The van der Waals surface area contributed by atoms with Gasteiger partial charge in [0.15, 0.2) is 0 Å². The minimum absolute atomic E-state index is 0.276. The third-order valence-electron chi connectivity index (χ3n) is 3.77. The topological polar surface area (TPSA) is 66.4 Å². The lowest BCUT2D eigenvalue weighted by Gasteiger charge is -2.25. The van der Waals surface area contributed by atoms with Crippen molar-refractivity contribution in [3.8, 4) is 0 Å². The van der Waals surface area contributed by atoms with Gasteiger partial charge in [0.05, 0.1) is 0 Å². The van der Waals surface area contributed by atoms with Crippen LogP contribution in [0.15, 0.2) is 24.3 Å². The van der Waals surface area contributed by atoms with E-state index in [-0.39, 0.29) is 5.56 Å². The van der Waals surface area contributed by atoms with Gasteiger partial charge >= 0.3 is 5.97 Å². The number of halogens is 2. The van der Waals surface area contributed by atoms with Gasteiger partial charge in [-0.25, -0.2) is 13.6 Å². The monoisotopic (exact) mass is 297 g/mol. The maximum atomic E-state index is 12.3. The van der Waals surface area contributed by atoms with Gasteiger partial charge in [-0.3, -0.25) is 4.79 Å². The van der Waals surface area contributed by atoms with E-state index in [9.17, 15) is 18.4 Å². The summed E-state index contributed by atoms with van der Waals surface area (Å²) in [5, 5.41) is 10.9. The van der Waals surface area contributed by atoms with E-state index in [0.29, 0.717) is 5.92 Å². The smallest absolute Gasteiger partial charge is 0.326 e. The number of carboxylic acid groups (broad SMARTS) is 1. The summed E-state index contributed by atoms with van der Waals surface area (Å²) in [6, 6.07) is 5.29. The summed E-state index contributed by atoms with van der Waals surface area (Å²) in [7, 11) is 0. The number of carbonyl (C=O) groups excluding carboxylic acids is 1. The molecule has 6 heteroatoms. The lowest BCUT2D eigenvalue weighted by Crippen LogP contribution is -2.42. The van der Waals surface area contributed by atoms with Gasteiger partial charge < -0.3 is 10.4 Å². The standard InChI is InChI=1S/C15H17F2NO3/c16-13(17)8-12(15(20)21)18-14(19)11-6-4-10(5-7-11)9-2-1-3-9/h4-7,9,12-13H,1-3,8H2,(H,18,19)(H,20,21). The van der Waals surface area contributed by atoms with Crippen molar-refractivity contribution in [1.29, 1.82) is 0 Å². The first-order valence-electron chi connectivity index (χ1n) is 6.89. The molecule has 0 saturated heterocycles. The highest BCUT2D eigenvalue weighted by Crippen LogP contribution is 2.36. The molecule has 0 aromatic heterocycles. The summed E-state index contributed by atoms with van der Waals surface area (Å²) >= 11 is 0. The zero-order valence-electron chi connectivity index (χ0n) is 11.4. The summed E-state index contributed by atoms with van der Waals surface area (Å²) < 4.78 is 24.5. The van der Waals surface area contributed by atoms with E-state index < -0.39 is 30.8 Å². The van der Waals surface area contributed by atoms with Crippen LogP contribution >= 0.6 is 0 Å². The average Bonchev–Trinajstić information content (AvgIpc) is 2.36. The SMILES string of the molecule is O=C(NC(CC(F)F)C(=O)O)c1ccc(C2CCC2)cc1. The van der Waals surface area contributed by atoms with Gasteiger partial charge in [-0.2, -0.15) is 0 Å². The molecule has 0 aliphatic heterocycles. The van der Waals surface area contributed by atoms with E-state index in [1.807, 2.05) is 12.1 Å². The second kappa shape index (κ2) is 6.65. The average molecular weight is 297 g/mol. The molecule has 1 atom stereocenters. The fourth-order valence-corrected chi connectivity index (χ4v) is 2.29. The van der Waals surface area contributed by atoms with Crippen LogP contribution in [-0.4, -0.2) is 29.5 Å². The second-order valence-electron chi connectivity index (χ2n) is 5.24. The number of amides is 1. The Morgan fingerprint density at radius 2 is 1.86 bits per heavy atom. The van der Waals surface area contributed by atoms with Gasteiger partial charge in [0.1, 0.15) is 6.04 Å². The molecule has 1 aromatic carbocycles. The maximum absolute atomic E-state index is 12.3. The van der Waals surface area contributed by atoms with Crippen molar-refractivity contribution in [3.05, 3.63) is 35.4 Å². The maximum Gasteiger partial charge on any atom is 0.326 e. The van der Waals surface area contributed by atoms with Crippen LogP contribution in [0.1, 0.15) is 47.5 Å². The lowest BCUT2D eigenvalue weighted by atomic mass is 9.80. The van der Waals surface area contributed by atoms with Gasteiger partial charge in [0, 0.05) is 12.0 Å². The molecule has 1 aliphatic carbocycles. The number of alkyl halides is 2. The van der Waals surface area contributed by atoms with Crippen molar-refractivity contribution in [2.24, 2.45) is 0 Å². The Morgan fingerprint density at radius 3 is 2.29 bits per heavy atom. The van der Waals surface area contributed by atoms with Gasteiger partial charge in [-0.15, -0.1) is 0 Å². The van der Waals surface area contributed by atoms with Crippen LogP contribution < -0.4 is 5.32 Å². The predicted molar refractivity (Wildman–Crippen MR) is 72.5 cm³/mol. The summed E-state index contributed by atoms with van der Waals surface area (Å²) in [6.07, 6.45) is -0.197. The van der Waals surface area contributed by atoms with Crippen molar-refractivity contribution >= 4 is 11.9 Å². The first kappa shape index (κ1) is 15.4. The Labute approximate surface area is 121 Å². The van der Waals surface area contributed by atoms with Crippen LogP contribution in [0.2, 0.25) is 0 Å². The number of aliphatic carboxylic acids is 1. The van der Waals surface area contributed by atoms with Gasteiger partial charge in [0.2, 0.25) is 6.43 Å². The summed E-state index contributed by atoms with van der Waals surface area (Å²) in [5.74, 6) is -1.58. The normalized spacial score (nSPS) is 16.3. The van der Waals surface area contributed by atoms with Crippen LogP contribution in [0.5, 0.6) is 0 Å². The zero-order chi connectivity index (χ0) is 15.4. The highest BCUT2D eigenvalue weighted by molar-refractivity contribution is 5.96. The highest BCUT2D eigenvalue weighted by Gasteiger charge is 2.25. The Morgan fingerprint density at radius 1 is 1.24 bits per heavy atom. The molecule has 0 spiro atoms. The van der Waals surface area contributed by atoms with Gasteiger partial charge in [-0.05, 0) is 36.5 Å². The number of carboxylic acids is 1. The molecule has 1 fully saturated rings. The number of benzene rings is 1. The zero-order valence-corrected chi connectivity index (χ0v) is 11.4. The predicted octanol–water partition coefficient (Wildman–Crippen LogP) is 2.79. The van der Waals surface area contributed by atoms with E-state index >= 15 is 0 Å². The highest BCUT2D eigenvalue weighted by atomic mass is 19.3. The molecule has 4 nitrogen and oxygen atoms in total. The summed E-state index contributed by atoms with van der Waals surface area (Å²) in [5.41, 5.74) is 1.43. The lowest BCUT2D eigenvalue weighted by molar-refractivity contribution is -0.140. The van der Waals surface area contributed by atoms with Crippen molar-refractivity contribution < 1.29 is 23.5 Å². The molecule has 2 N–H and O–H groups in total. The van der Waals surface area contributed by atoms with E-state index in [2.05, 4.69) is 5.32 Å². The molecule has 1 unspecified atom stereocenters. The largest absolute Gasteiger partial charge is 0.480 e. The van der Waals surface area contributed by atoms with E-state index in [4.69, 9.17) is 5.11 Å². The van der Waals surface area contributed by atoms with Crippen LogP contribution in [0.3, 0.4) is 0 Å². The molecule has 1 amide bonds. The van der Waals surface area contributed by atoms with Crippen molar-refractivity contribution in [2.45, 2.75) is 44.1 Å². The summed E-state index contributed by atoms with van der Waals surface area (Å²) in [4.78, 5) is 22.7. The fraction of sp³-hybridized carbons (Fsp3) is 0.467. The molecule has 21 heavy (non-hydrogen) atoms. The quantitative estimate of drug-likeness (QED) is 0.848. The van der Waals surface area contributed by atoms with Crippen molar-refractivity contribution in [3.63, 3.8) is 0 Å². The Kier molecular flexibility index (Phi) is 4.88. The van der Waals surface area contributed by atoms with Crippen LogP contribution in [0, 0.1) is 0 Å². The Hall–Kier alpha value is -1.98. The second-order valence-corrected chi connectivity index (χ2v) is 5.24. The number of hydrogen-bond donors (Lipinski definition) is 2. The number of carbonyl (C=O) groups is 2. The number of nitrogens with one attached hydrogen (secondary N) is 1. The Bertz CT molecular complexity index is 512. The molecule has 0 heterocycles.